The van der Waals surface area contributed by atoms with Crippen LogP contribution in [0.1, 0.15) is 19.5 Å². The van der Waals surface area contributed by atoms with Crippen molar-refractivity contribution in [1.82, 2.24) is 9.78 Å². The molecule has 1 aromatic heterocycles. The van der Waals surface area contributed by atoms with Crippen LogP contribution >= 0.6 is 50.7 Å². The van der Waals surface area contributed by atoms with Crippen LogP contribution < -0.4 is 4.31 Å². The minimum absolute atomic E-state index is 0.142. The molecular formula is C16H12BrCl3N4OS. The van der Waals surface area contributed by atoms with Gasteiger partial charge in [-0.1, -0.05) is 45.9 Å². The highest BCUT2D eigenvalue weighted by Crippen LogP contribution is 2.40. The lowest BCUT2D eigenvalue weighted by Gasteiger charge is -2.29. The van der Waals surface area contributed by atoms with Crippen LogP contribution in [0.3, 0.4) is 0 Å². The van der Waals surface area contributed by atoms with Crippen molar-refractivity contribution in [3.63, 3.8) is 0 Å². The molecule has 0 spiro atoms. The Labute approximate surface area is 176 Å². The van der Waals surface area contributed by atoms with Crippen molar-refractivity contribution in [3.05, 3.63) is 48.5 Å². The smallest absolute Gasteiger partial charge is 0.179 e. The van der Waals surface area contributed by atoms with Crippen molar-refractivity contribution < 1.29 is 4.21 Å². The van der Waals surface area contributed by atoms with E-state index in [9.17, 15) is 9.47 Å². The third-order valence-electron chi connectivity index (χ3n) is 4.04. The molecule has 0 radical (unpaired) electrons. The van der Waals surface area contributed by atoms with Gasteiger partial charge in [0.2, 0.25) is 0 Å². The number of anilines is 1. The van der Waals surface area contributed by atoms with Gasteiger partial charge in [-0.3, -0.25) is 4.31 Å². The zero-order valence-electron chi connectivity index (χ0n) is 13.7. The molecular weight excluding hydrogens is 483 g/mol. The van der Waals surface area contributed by atoms with Gasteiger partial charge >= 0.3 is 0 Å². The quantitative estimate of drug-likeness (QED) is 0.533. The molecule has 0 fully saturated rings. The summed E-state index contributed by atoms with van der Waals surface area (Å²) in [6, 6.07) is 5.10. The second-order valence-electron chi connectivity index (χ2n) is 5.79. The highest BCUT2D eigenvalue weighted by molar-refractivity contribution is 9.10. The second-order valence-corrected chi connectivity index (χ2v) is 9.21. The summed E-state index contributed by atoms with van der Waals surface area (Å²) in [6.45, 7) is 4.39. The van der Waals surface area contributed by atoms with Crippen molar-refractivity contribution >= 4 is 67.5 Å². The van der Waals surface area contributed by atoms with Crippen LogP contribution in [0.2, 0.25) is 15.1 Å². The maximum Gasteiger partial charge on any atom is 0.179 e. The Morgan fingerprint density at radius 3 is 2.42 bits per heavy atom. The van der Waals surface area contributed by atoms with E-state index < -0.39 is 11.0 Å². The molecule has 1 atom stereocenters. The van der Waals surface area contributed by atoms with Gasteiger partial charge in [-0.05, 0) is 41.9 Å². The van der Waals surface area contributed by atoms with Gasteiger partial charge in [0.15, 0.2) is 11.5 Å². The number of nitrogens with zero attached hydrogens (tertiary/aromatic N) is 4. The van der Waals surface area contributed by atoms with Crippen LogP contribution in [0, 0.1) is 11.3 Å². The lowest BCUT2D eigenvalue weighted by molar-refractivity contribution is 0.677. The molecule has 0 saturated carbocycles. The fraction of sp³-hybridized carbons (Fsp3) is 0.250. The van der Waals surface area contributed by atoms with Crippen molar-refractivity contribution in [3.8, 4) is 11.8 Å². The number of hydrogen-bond acceptors (Lipinski definition) is 3. The maximum absolute atomic E-state index is 12.8. The predicted octanol–water partition coefficient (Wildman–Crippen LogP) is 5.29. The minimum atomic E-state index is -1.32. The Kier molecular flexibility index (Phi) is 5.71. The average molecular weight is 495 g/mol. The number of hydrogen-bond donors (Lipinski definition) is 0. The zero-order valence-corrected chi connectivity index (χ0v) is 18.4. The van der Waals surface area contributed by atoms with Crippen molar-refractivity contribution in [2.45, 2.75) is 13.8 Å². The normalized spacial score (nSPS) is 17.6. The number of nitriles is 1. The second kappa shape index (κ2) is 7.53. The lowest BCUT2D eigenvalue weighted by Crippen LogP contribution is -2.35. The van der Waals surface area contributed by atoms with Gasteiger partial charge in [0.05, 0.1) is 26.8 Å². The molecule has 1 aliphatic rings. The van der Waals surface area contributed by atoms with E-state index in [1.54, 1.807) is 4.31 Å². The lowest BCUT2D eigenvalue weighted by atomic mass is 10.2. The highest BCUT2D eigenvalue weighted by atomic mass is 79.9. The number of benzene rings is 1. The van der Waals surface area contributed by atoms with Gasteiger partial charge in [-0.2, -0.15) is 10.4 Å². The van der Waals surface area contributed by atoms with Crippen molar-refractivity contribution in [1.29, 1.82) is 5.26 Å². The Balaban J connectivity index is 2.27. The molecule has 1 aliphatic heterocycles. The summed E-state index contributed by atoms with van der Waals surface area (Å²) in [5.41, 5.74) is 2.71. The first-order valence-corrected chi connectivity index (χ1v) is 10.6. The molecule has 0 saturated heterocycles. The van der Waals surface area contributed by atoms with E-state index in [0.29, 0.717) is 33.3 Å². The molecule has 0 amide bonds. The van der Waals surface area contributed by atoms with Crippen molar-refractivity contribution in [2.24, 2.45) is 0 Å². The van der Waals surface area contributed by atoms with E-state index in [4.69, 9.17) is 34.8 Å². The first-order valence-electron chi connectivity index (χ1n) is 7.39. The molecule has 5 nitrogen and oxygen atoms in total. The van der Waals surface area contributed by atoms with E-state index in [2.05, 4.69) is 21.0 Å². The summed E-state index contributed by atoms with van der Waals surface area (Å²) in [4.78, 5) is 0. The van der Waals surface area contributed by atoms with E-state index >= 15 is 0 Å². The third-order valence-corrected chi connectivity index (χ3v) is 7.03. The van der Waals surface area contributed by atoms with E-state index in [1.807, 2.05) is 19.9 Å². The molecule has 1 aromatic carbocycles. The van der Waals surface area contributed by atoms with E-state index in [1.165, 1.54) is 16.8 Å². The molecule has 26 heavy (non-hydrogen) atoms. The number of halogens is 4. The van der Waals surface area contributed by atoms with Crippen molar-refractivity contribution in [2.75, 3.05) is 16.6 Å². The van der Waals surface area contributed by atoms with Gasteiger partial charge in [0.25, 0.3) is 0 Å². The number of rotatable bonds is 2. The minimum Gasteiger partial charge on any atom is -0.270 e. The van der Waals surface area contributed by atoms with Gasteiger partial charge in [0.1, 0.15) is 22.7 Å². The molecule has 136 valence electrons. The highest BCUT2D eigenvalue weighted by Gasteiger charge is 2.30. The van der Waals surface area contributed by atoms with Crippen LogP contribution in [0.5, 0.6) is 0 Å². The molecule has 1 unspecified atom stereocenters. The Morgan fingerprint density at radius 2 is 1.85 bits per heavy atom. The fourth-order valence-corrected chi connectivity index (χ4v) is 5.67. The third kappa shape index (κ3) is 3.41. The first kappa shape index (κ1) is 19.7. The SMILES string of the molecule is CC1=C(C)CS(=O)N(c2c(Br)c(C#N)nn2-c2c(Cl)cc(Cl)cc2Cl)C1. The molecule has 2 heterocycles. The summed E-state index contributed by atoms with van der Waals surface area (Å²) in [5, 5.41) is 14.6. The van der Waals surface area contributed by atoms with Crippen LogP contribution in [0.25, 0.3) is 5.69 Å². The summed E-state index contributed by atoms with van der Waals surface area (Å²) < 4.78 is 16.3. The summed E-state index contributed by atoms with van der Waals surface area (Å²) >= 11 is 22.1. The van der Waals surface area contributed by atoms with Crippen LogP contribution in [0.4, 0.5) is 5.82 Å². The molecule has 0 N–H and O–H groups in total. The summed E-state index contributed by atoms with van der Waals surface area (Å²) in [5.74, 6) is 0.866. The van der Waals surface area contributed by atoms with E-state index in [0.717, 1.165) is 11.1 Å². The Hall–Kier alpha value is -1.04. The molecule has 2 aromatic rings. The Bertz CT molecular complexity index is 989. The van der Waals surface area contributed by atoms with Gasteiger partial charge < -0.3 is 0 Å². The monoisotopic (exact) mass is 492 g/mol. The number of aromatic nitrogens is 2. The van der Waals surface area contributed by atoms with E-state index in [-0.39, 0.29) is 15.7 Å². The van der Waals surface area contributed by atoms with Gasteiger partial charge in [-0.15, -0.1) is 0 Å². The first-order chi connectivity index (χ1) is 12.2. The van der Waals surface area contributed by atoms with Gasteiger partial charge in [-0.25, -0.2) is 8.89 Å². The average Bonchev–Trinajstić information content (AvgIpc) is 2.86. The largest absolute Gasteiger partial charge is 0.270 e. The standard InChI is InChI=1S/C16H12BrCl3N4OS/c1-8-6-23(26(25)7-9(8)2)16-14(17)13(5-21)22-24(16)15-11(19)3-10(18)4-12(15)20/h3-4H,6-7H2,1-2H3. The van der Waals surface area contributed by atoms with Gasteiger partial charge in [0, 0.05) is 5.02 Å². The fourth-order valence-electron chi connectivity index (χ4n) is 2.55. The molecule has 0 aliphatic carbocycles. The predicted molar refractivity (Wildman–Crippen MR) is 110 cm³/mol. The molecule has 10 heteroatoms. The van der Waals surface area contributed by atoms with Crippen LogP contribution in [-0.2, 0) is 11.0 Å². The summed E-state index contributed by atoms with van der Waals surface area (Å²) in [6.07, 6.45) is 0. The zero-order chi connectivity index (χ0) is 19.2. The van der Waals surface area contributed by atoms with Crippen LogP contribution in [0.15, 0.2) is 27.8 Å². The maximum atomic E-state index is 12.8. The summed E-state index contributed by atoms with van der Waals surface area (Å²) in [7, 11) is -1.32. The molecule has 3 rings (SSSR count). The Morgan fingerprint density at radius 1 is 1.23 bits per heavy atom. The molecule has 0 bridgehead atoms. The van der Waals surface area contributed by atoms with Crippen LogP contribution in [-0.4, -0.2) is 26.3 Å². The topological polar surface area (TPSA) is 61.9 Å².